The molecule has 0 radical (unpaired) electrons. The average molecular weight is 621 g/mol. The number of unbranched alkanes of at least 4 members (excludes halogenated alkanes) is 1. The number of amides is 2. The zero-order chi connectivity index (χ0) is 30.0. The highest BCUT2D eigenvalue weighted by Crippen LogP contribution is 2.33. The van der Waals surface area contributed by atoms with Gasteiger partial charge in [0.2, 0.25) is 11.8 Å². The van der Waals surface area contributed by atoms with E-state index in [1.165, 1.54) is 35.2 Å². The highest BCUT2D eigenvalue weighted by Gasteiger charge is 2.34. The minimum Gasteiger partial charge on any atom is -0.497 e. The summed E-state index contributed by atoms with van der Waals surface area (Å²) in [7, 11) is -2.69. The molecule has 8 nitrogen and oxygen atoms in total. The molecule has 2 amide bonds. The van der Waals surface area contributed by atoms with Crippen molar-refractivity contribution in [2.24, 2.45) is 0 Å². The van der Waals surface area contributed by atoms with Gasteiger partial charge in [0.05, 0.1) is 22.7 Å². The molecule has 0 saturated carbocycles. The molecule has 3 rings (SSSR count). The topological polar surface area (TPSA) is 96.0 Å². The minimum absolute atomic E-state index is 0.0116. The Balaban J connectivity index is 2.06. The number of carbonyl (C=O) groups excluding carboxylic acids is 2. The lowest BCUT2D eigenvalue weighted by Gasteiger charge is -2.33. The van der Waals surface area contributed by atoms with E-state index in [1.54, 1.807) is 43.5 Å². The van der Waals surface area contributed by atoms with Crippen molar-refractivity contribution in [3.05, 3.63) is 88.4 Å². The number of halogens is 2. The predicted octanol–water partition coefficient (Wildman–Crippen LogP) is 5.92. The summed E-state index contributed by atoms with van der Waals surface area (Å²) in [6.07, 6.45) is 2.02. The molecule has 0 aliphatic rings. The maximum absolute atomic E-state index is 14.1. The van der Waals surface area contributed by atoms with Crippen LogP contribution in [0.2, 0.25) is 10.0 Å². The van der Waals surface area contributed by atoms with Crippen molar-refractivity contribution in [1.29, 1.82) is 0 Å². The second kappa shape index (κ2) is 15.1. The first kappa shape index (κ1) is 32.2. The Kier molecular flexibility index (Phi) is 11.9. The lowest BCUT2D eigenvalue weighted by Crippen LogP contribution is -2.52. The van der Waals surface area contributed by atoms with Crippen LogP contribution in [0.3, 0.4) is 0 Å². The number of hydrogen-bond donors (Lipinski definition) is 1. The van der Waals surface area contributed by atoms with Crippen molar-refractivity contribution in [3.8, 4) is 5.75 Å². The lowest BCUT2D eigenvalue weighted by molar-refractivity contribution is -0.140. The highest BCUT2D eigenvalue weighted by molar-refractivity contribution is 7.92. The fourth-order valence-electron chi connectivity index (χ4n) is 4.31. The molecule has 0 heterocycles. The Labute approximate surface area is 252 Å². The molecule has 0 fully saturated rings. The third-order valence-corrected chi connectivity index (χ3v) is 8.80. The van der Waals surface area contributed by atoms with E-state index in [1.807, 2.05) is 19.9 Å². The zero-order valence-electron chi connectivity index (χ0n) is 23.3. The molecule has 3 aromatic rings. The molecule has 0 aliphatic heterocycles. The summed E-state index contributed by atoms with van der Waals surface area (Å²) in [5, 5.41) is 3.29. The van der Waals surface area contributed by atoms with Gasteiger partial charge in [-0.05, 0) is 60.9 Å². The van der Waals surface area contributed by atoms with Crippen LogP contribution in [-0.2, 0) is 26.2 Å². The number of methoxy groups -OCH3 is 1. The summed E-state index contributed by atoms with van der Waals surface area (Å²) in [6, 6.07) is 18.5. The Morgan fingerprint density at radius 3 is 2.34 bits per heavy atom. The van der Waals surface area contributed by atoms with Gasteiger partial charge in [-0.2, -0.15) is 0 Å². The Bertz CT molecular complexity index is 1440. The van der Waals surface area contributed by atoms with Crippen LogP contribution >= 0.6 is 23.2 Å². The van der Waals surface area contributed by atoms with Gasteiger partial charge < -0.3 is 15.0 Å². The van der Waals surface area contributed by atoms with E-state index in [4.69, 9.17) is 27.9 Å². The van der Waals surface area contributed by atoms with Crippen molar-refractivity contribution in [1.82, 2.24) is 10.2 Å². The smallest absolute Gasteiger partial charge is 0.264 e. The van der Waals surface area contributed by atoms with Gasteiger partial charge in [-0.25, -0.2) is 8.42 Å². The van der Waals surface area contributed by atoms with Gasteiger partial charge in [0.15, 0.2) is 0 Å². The summed E-state index contributed by atoms with van der Waals surface area (Å²) in [4.78, 5) is 28.8. The Hall–Kier alpha value is -3.27. The van der Waals surface area contributed by atoms with Gasteiger partial charge in [0, 0.05) is 18.1 Å². The van der Waals surface area contributed by atoms with Crippen LogP contribution in [0.4, 0.5) is 5.69 Å². The fraction of sp³-hybridized carbons (Fsp3) is 0.333. The van der Waals surface area contributed by atoms with Crippen LogP contribution in [0, 0.1) is 0 Å². The molecule has 0 saturated heterocycles. The van der Waals surface area contributed by atoms with Gasteiger partial charge in [-0.15, -0.1) is 0 Å². The number of nitrogens with zero attached hydrogens (tertiary/aromatic N) is 2. The molecule has 0 unspecified atom stereocenters. The number of ether oxygens (including phenoxy) is 1. The van der Waals surface area contributed by atoms with Crippen LogP contribution in [0.1, 0.15) is 38.7 Å². The number of anilines is 1. The maximum atomic E-state index is 14.1. The number of nitrogens with one attached hydrogen (secondary N) is 1. The minimum atomic E-state index is -4.23. The van der Waals surface area contributed by atoms with Crippen molar-refractivity contribution < 1.29 is 22.7 Å². The number of sulfonamides is 1. The monoisotopic (exact) mass is 619 g/mol. The number of benzene rings is 3. The Morgan fingerprint density at radius 1 is 0.976 bits per heavy atom. The van der Waals surface area contributed by atoms with Crippen molar-refractivity contribution in [3.63, 3.8) is 0 Å². The molecule has 3 aromatic carbocycles. The van der Waals surface area contributed by atoms with Gasteiger partial charge >= 0.3 is 0 Å². The average Bonchev–Trinajstić information content (AvgIpc) is 2.96. The first-order chi connectivity index (χ1) is 19.6. The second-order valence-corrected chi connectivity index (χ2v) is 12.1. The van der Waals surface area contributed by atoms with Crippen LogP contribution in [0.15, 0.2) is 77.7 Å². The molecule has 0 bridgehead atoms. The van der Waals surface area contributed by atoms with E-state index in [9.17, 15) is 18.0 Å². The SMILES string of the molecule is CCCCNC(=O)[C@H](CC)N(Cc1cccc(OC)c1)C(=O)CN(c1ccc(Cl)cc1Cl)S(=O)(=O)c1ccccc1. The molecule has 220 valence electrons. The normalized spacial score (nSPS) is 11.9. The van der Waals surface area contributed by atoms with E-state index in [2.05, 4.69) is 5.32 Å². The molecule has 0 aliphatic carbocycles. The summed E-state index contributed by atoms with van der Waals surface area (Å²) < 4.78 is 34.1. The van der Waals surface area contributed by atoms with Gasteiger partial charge in [-0.3, -0.25) is 13.9 Å². The summed E-state index contributed by atoms with van der Waals surface area (Å²) in [5.41, 5.74) is 0.814. The largest absolute Gasteiger partial charge is 0.497 e. The second-order valence-electron chi connectivity index (χ2n) is 9.36. The van der Waals surface area contributed by atoms with Crippen LogP contribution < -0.4 is 14.4 Å². The third kappa shape index (κ3) is 8.38. The predicted molar refractivity (Wildman–Crippen MR) is 163 cm³/mol. The van der Waals surface area contributed by atoms with Gasteiger partial charge in [-0.1, -0.05) is 73.8 Å². The molecule has 0 aromatic heterocycles. The van der Waals surface area contributed by atoms with Crippen LogP contribution in [0.5, 0.6) is 5.75 Å². The van der Waals surface area contributed by atoms with Crippen molar-refractivity contribution >= 4 is 50.7 Å². The van der Waals surface area contributed by atoms with Gasteiger partial charge in [0.1, 0.15) is 18.3 Å². The molecule has 41 heavy (non-hydrogen) atoms. The molecular weight excluding hydrogens is 585 g/mol. The van der Waals surface area contributed by atoms with Crippen LogP contribution in [-0.4, -0.2) is 51.4 Å². The van der Waals surface area contributed by atoms with Crippen molar-refractivity contribution in [2.75, 3.05) is 24.5 Å². The quantitative estimate of drug-likeness (QED) is 0.226. The first-order valence-corrected chi connectivity index (χ1v) is 15.5. The van der Waals surface area contributed by atoms with E-state index < -0.39 is 28.5 Å². The molecule has 11 heteroatoms. The summed E-state index contributed by atoms with van der Waals surface area (Å²) in [5.74, 6) is -0.286. The number of carbonyl (C=O) groups is 2. The molecular formula is C30H35Cl2N3O5S. The van der Waals surface area contributed by atoms with E-state index in [0.717, 1.165) is 22.7 Å². The number of hydrogen-bond acceptors (Lipinski definition) is 5. The number of rotatable bonds is 14. The first-order valence-electron chi connectivity index (χ1n) is 13.3. The third-order valence-electron chi connectivity index (χ3n) is 6.49. The van der Waals surface area contributed by atoms with Crippen molar-refractivity contribution in [2.45, 2.75) is 50.6 Å². The summed E-state index contributed by atoms with van der Waals surface area (Å²) in [6.45, 7) is 3.77. The van der Waals surface area contributed by atoms with Crippen LogP contribution in [0.25, 0.3) is 0 Å². The highest BCUT2D eigenvalue weighted by atomic mass is 35.5. The maximum Gasteiger partial charge on any atom is 0.264 e. The van der Waals surface area contributed by atoms with Gasteiger partial charge in [0.25, 0.3) is 10.0 Å². The standard InChI is InChI=1S/C30H35Cl2N3O5S/c1-4-6-17-33-30(37)27(5-2)34(20-22-11-10-12-24(18-22)40-3)29(36)21-35(28-16-15-23(31)19-26(28)32)41(38,39)25-13-8-7-9-14-25/h7-16,18-19,27H,4-6,17,20-21H2,1-3H3,(H,33,37)/t27-/m0/s1. The Morgan fingerprint density at radius 2 is 1.71 bits per heavy atom. The lowest BCUT2D eigenvalue weighted by atomic mass is 10.1. The van der Waals surface area contributed by atoms with E-state index >= 15 is 0 Å². The van der Waals surface area contributed by atoms with E-state index in [0.29, 0.717) is 23.7 Å². The molecule has 1 N–H and O–H groups in total. The molecule has 1 atom stereocenters. The van der Waals surface area contributed by atoms with E-state index in [-0.39, 0.29) is 28.1 Å². The summed E-state index contributed by atoms with van der Waals surface area (Å²) >= 11 is 12.6. The molecule has 0 spiro atoms. The fourth-order valence-corrected chi connectivity index (χ4v) is 6.32. The zero-order valence-corrected chi connectivity index (χ0v) is 25.7.